The average Bonchev–Trinajstić information content (AvgIpc) is 2.78. The van der Waals surface area contributed by atoms with Gasteiger partial charge in [-0.1, -0.05) is 6.07 Å². The predicted octanol–water partition coefficient (Wildman–Crippen LogP) is 2.28. The van der Waals surface area contributed by atoms with Crippen LogP contribution in [0, 0.1) is 19.8 Å². The van der Waals surface area contributed by atoms with Crippen LogP contribution in [0.2, 0.25) is 0 Å². The molecule has 2 aromatic heterocycles. The van der Waals surface area contributed by atoms with E-state index in [0.29, 0.717) is 18.4 Å². The molecule has 5 heteroatoms. The van der Waals surface area contributed by atoms with E-state index in [1.807, 2.05) is 49.7 Å². The SMILES string of the molecule is Cc1cc(C(=O)N[C@@H](c2ccccn2)C2CC(O)C2)c(C)n1C. The molecule has 0 radical (unpaired) electrons. The fourth-order valence-electron chi connectivity index (χ4n) is 3.20. The van der Waals surface area contributed by atoms with Gasteiger partial charge in [0.1, 0.15) is 0 Å². The first-order valence-electron chi connectivity index (χ1n) is 8.00. The van der Waals surface area contributed by atoms with Crippen LogP contribution in [0.25, 0.3) is 0 Å². The predicted molar refractivity (Wildman–Crippen MR) is 88.1 cm³/mol. The van der Waals surface area contributed by atoms with Crippen LogP contribution in [-0.4, -0.2) is 26.7 Å². The molecule has 2 aromatic rings. The van der Waals surface area contributed by atoms with Crippen molar-refractivity contribution in [2.45, 2.75) is 38.8 Å². The summed E-state index contributed by atoms with van der Waals surface area (Å²) in [5.74, 6) is 0.150. The van der Waals surface area contributed by atoms with Gasteiger partial charge < -0.3 is 15.0 Å². The summed E-state index contributed by atoms with van der Waals surface area (Å²) in [6.07, 6.45) is 2.88. The molecular formula is C18H23N3O2. The summed E-state index contributed by atoms with van der Waals surface area (Å²) >= 11 is 0. The highest BCUT2D eigenvalue weighted by molar-refractivity contribution is 5.96. The van der Waals surface area contributed by atoms with Crippen molar-refractivity contribution in [1.29, 1.82) is 0 Å². The second-order valence-electron chi connectivity index (χ2n) is 6.43. The largest absolute Gasteiger partial charge is 0.393 e. The third kappa shape index (κ3) is 3.01. The van der Waals surface area contributed by atoms with Crippen molar-refractivity contribution in [2.24, 2.45) is 13.0 Å². The number of pyridine rings is 1. The number of carbonyl (C=O) groups is 1. The Morgan fingerprint density at radius 2 is 2.13 bits per heavy atom. The lowest BCUT2D eigenvalue weighted by Gasteiger charge is -2.37. The van der Waals surface area contributed by atoms with Crippen LogP contribution in [-0.2, 0) is 7.05 Å². The van der Waals surface area contributed by atoms with E-state index in [0.717, 1.165) is 17.1 Å². The molecule has 1 amide bonds. The molecule has 0 unspecified atom stereocenters. The second-order valence-corrected chi connectivity index (χ2v) is 6.43. The molecule has 3 rings (SSSR count). The number of aryl methyl sites for hydroxylation is 1. The summed E-state index contributed by atoms with van der Waals surface area (Å²) in [7, 11) is 1.96. The molecule has 1 saturated carbocycles. The van der Waals surface area contributed by atoms with Gasteiger partial charge in [0, 0.05) is 24.6 Å². The number of aliphatic hydroxyl groups excluding tert-OH is 1. The van der Waals surface area contributed by atoms with E-state index in [1.165, 1.54) is 0 Å². The summed E-state index contributed by atoms with van der Waals surface area (Å²) in [6, 6.07) is 7.47. The van der Waals surface area contributed by atoms with Gasteiger partial charge in [-0.2, -0.15) is 0 Å². The van der Waals surface area contributed by atoms with E-state index in [-0.39, 0.29) is 24.0 Å². The Hall–Kier alpha value is -2.14. The molecular weight excluding hydrogens is 290 g/mol. The Bertz CT molecular complexity index is 703. The number of hydrogen-bond acceptors (Lipinski definition) is 3. The fraction of sp³-hybridized carbons (Fsp3) is 0.444. The van der Waals surface area contributed by atoms with Gasteiger partial charge in [0.05, 0.1) is 23.4 Å². The minimum Gasteiger partial charge on any atom is -0.393 e. The van der Waals surface area contributed by atoms with Gasteiger partial charge in [0.25, 0.3) is 5.91 Å². The Balaban J connectivity index is 1.83. The number of nitrogens with one attached hydrogen (secondary N) is 1. The summed E-state index contributed by atoms with van der Waals surface area (Å²) in [4.78, 5) is 17.1. The van der Waals surface area contributed by atoms with E-state index < -0.39 is 0 Å². The van der Waals surface area contributed by atoms with Gasteiger partial charge >= 0.3 is 0 Å². The highest BCUT2D eigenvalue weighted by atomic mass is 16.3. The number of nitrogens with zero attached hydrogens (tertiary/aromatic N) is 2. The van der Waals surface area contributed by atoms with Gasteiger partial charge in [-0.25, -0.2) is 0 Å². The molecule has 1 aliphatic rings. The molecule has 122 valence electrons. The zero-order chi connectivity index (χ0) is 16.6. The van der Waals surface area contributed by atoms with E-state index in [2.05, 4.69) is 10.3 Å². The highest BCUT2D eigenvalue weighted by Gasteiger charge is 2.36. The van der Waals surface area contributed by atoms with Crippen molar-refractivity contribution in [2.75, 3.05) is 0 Å². The van der Waals surface area contributed by atoms with Crippen molar-refractivity contribution in [1.82, 2.24) is 14.9 Å². The Kier molecular flexibility index (Phi) is 4.22. The number of amides is 1. The van der Waals surface area contributed by atoms with Gasteiger partial charge in [-0.05, 0) is 50.8 Å². The molecule has 0 aromatic carbocycles. The lowest BCUT2D eigenvalue weighted by molar-refractivity contribution is 0.0228. The first-order valence-corrected chi connectivity index (χ1v) is 8.00. The van der Waals surface area contributed by atoms with E-state index >= 15 is 0 Å². The maximum atomic E-state index is 12.7. The molecule has 0 bridgehead atoms. The maximum Gasteiger partial charge on any atom is 0.253 e. The van der Waals surface area contributed by atoms with Crippen LogP contribution >= 0.6 is 0 Å². The summed E-state index contributed by atoms with van der Waals surface area (Å²) < 4.78 is 2.01. The third-order valence-corrected chi connectivity index (χ3v) is 4.93. The quantitative estimate of drug-likeness (QED) is 0.910. The smallest absolute Gasteiger partial charge is 0.253 e. The molecule has 23 heavy (non-hydrogen) atoms. The zero-order valence-electron chi connectivity index (χ0n) is 13.8. The summed E-state index contributed by atoms with van der Waals surface area (Å²) in [6.45, 7) is 3.94. The van der Waals surface area contributed by atoms with Gasteiger partial charge in [-0.3, -0.25) is 9.78 Å². The molecule has 2 heterocycles. The molecule has 0 spiro atoms. The lowest BCUT2D eigenvalue weighted by atomic mass is 9.76. The first-order chi connectivity index (χ1) is 11.0. The number of aliphatic hydroxyl groups is 1. The fourth-order valence-corrected chi connectivity index (χ4v) is 3.20. The monoisotopic (exact) mass is 313 g/mol. The molecule has 0 saturated heterocycles. The van der Waals surface area contributed by atoms with Crippen molar-refractivity contribution in [3.8, 4) is 0 Å². The molecule has 0 aliphatic heterocycles. The molecule has 5 nitrogen and oxygen atoms in total. The van der Waals surface area contributed by atoms with Crippen LogP contribution in [0.5, 0.6) is 0 Å². The number of hydrogen-bond donors (Lipinski definition) is 2. The van der Waals surface area contributed by atoms with Crippen LogP contribution in [0.4, 0.5) is 0 Å². The molecule has 2 N–H and O–H groups in total. The Morgan fingerprint density at radius 1 is 1.39 bits per heavy atom. The molecule has 1 atom stereocenters. The van der Waals surface area contributed by atoms with Crippen molar-refractivity contribution < 1.29 is 9.90 Å². The van der Waals surface area contributed by atoms with Crippen molar-refractivity contribution >= 4 is 5.91 Å². The standard InChI is InChI=1S/C18H23N3O2/c1-11-8-15(12(2)21(11)3)18(23)20-17(13-9-14(22)10-13)16-6-4-5-7-19-16/h4-8,13-14,17,22H,9-10H2,1-3H3,(H,20,23)/t13?,14?,17-/m1/s1. The van der Waals surface area contributed by atoms with E-state index in [1.54, 1.807) is 6.20 Å². The number of rotatable bonds is 4. The van der Waals surface area contributed by atoms with Gasteiger partial charge in [0.15, 0.2) is 0 Å². The van der Waals surface area contributed by atoms with Crippen molar-refractivity contribution in [3.05, 3.63) is 53.1 Å². The first kappa shape index (κ1) is 15.7. The minimum absolute atomic E-state index is 0.0803. The van der Waals surface area contributed by atoms with Gasteiger partial charge in [-0.15, -0.1) is 0 Å². The van der Waals surface area contributed by atoms with Crippen LogP contribution < -0.4 is 5.32 Å². The summed E-state index contributed by atoms with van der Waals surface area (Å²) in [5, 5.41) is 12.7. The minimum atomic E-state index is -0.260. The Labute approximate surface area is 136 Å². The average molecular weight is 313 g/mol. The normalized spacial score (nSPS) is 21.6. The van der Waals surface area contributed by atoms with Gasteiger partial charge in [0.2, 0.25) is 0 Å². The second kappa shape index (κ2) is 6.16. The molecule has 1 fully saturated rings. The van der Waals surface area contributed by atoms with Crippen molar-refractivity contribution in [3.63, 3.8) is 0 Å². The van der Waals surface area contributed by atoms with Crippen LogP contribution in [0.1, 0.15) is 46.3 Å². The lowest BCUT2D eigenvalue weighted by Crippen LogP contribution is -2.41. The van der Waals surface area contributed by atoms with Crippen LogP contribution in [0.15, 0.2) is 30.5 Å². The van der Waals surface area contributed by atoms with Crippen LogP contribution in [0.3, 0.4) is 0 Å². The summed E-state index contributed by atoms with van der Waals surface area (Å²) in [5.41, 5.74) is 3.56. The maximum absolute atomic E-state index is 12.7. The highest BCUT2D eigenvalue weighted by Crippen LogP contribution is 2.37. The molecule has 1 aliphatic carbocycles. The van der Waals surface area contributed by atoms with E-state index in [9.17, 15) is 9.90 Å². The number of aromatic nitrogens is 2. The topological polar surface area (TPSA) is 67.2 Å². The number of carbonyl (C=O) groups excluding carboxylic acids is 1. The Morgan fingerprint density at radius 3 is 2.65 bits per heavy atom. The van der Waals surface area contributed by atoms with E-state index in [4.69, 9.17) is 0 Å². The zero-order valence-corrected chi connectivity index (χ0v) is 13.8. The third-order valence-electron chi connectivity index (χ3n) is 4.93.